The SMILES string of the molecule is Cc1cc(C=CCCNC(=O)OCc2ccccc2)c[nH]c1=O. The highest BCUT2D eigenvalue weighted by Gasteiger charge is 2.00. The Labute approximate surface area is 135 Å². The Kier molecular flexibility index (Phi) is 6.17. The van der Waals surface area contributed by atoms with Crippen molar-refractivity contribution in [1.29, 1.82) is 0 Å². The first-order valence-corrected chi connectivity index (χ1v) is 7.45. The lowest BCUT2D eigenvalue weighted by Gasteiger charge is -2.05. The molecule has 0 fully saturated rings. The first kappa shape index (κ1) is 16.5. The van der Waals surface area contributed by atoms with E-state index in [9.17, 15) is 9.59 Å². The zero-order chi connectivity index (χ0) is 16.5. The minimum Gasteiger partial charge on any atom is -0.445 e. The van der Waals surface area contributed by atoms with Crippen molar-refractivity contribution < 1.29 is 9.53 Å². The highest BCUT2D eigenvalue weighted by molar-refractivity contribution is 5.67. The van der Waals surface area contributed by atoms with Gasteiger partial charge in [0.2, 0.25) is 0 Å². The van der Waals surface area contributed by atoms with E-state index in [0.29, 0.717) is 18.5 Å². The van der Waals surface area contributed by atoms with Crippen LogP contribution in [0.5, 0.6) is 0 Å². The molecule has 1 aromatic heterocycles. The third-order valence-electron chi connectivity index (χ3n) is 3.21. The van der Waals surface area contributed by atoms with Crippen LogP contribution >= 0.6 is 0 Å². The molecule has 0 radical (unpaired) electrons. The summed E-state index contributed by atoms with van der Waals surface area (Å²) in [6, 6.07) is 11.3. The van der Waals surface area contributed by atoms with Gasteiger partial charge in [-0.2, -0.15) is 0 Å². The summed E-state index contributed by atoms with van der Waals surface area (Å²) < 4.78 is 5.11. The van der Waals surface area contributed by atoms with Crippen LogP contribution in [0.25, 0.3) is 6.08 Å². The van der Waals surface area contributed by atoms with E-state index in [0.717, 1.165) is 11.1 Å². The molecule has 120 valence electrons. The number of carbonyl (C=O) groups excluding carboxylic acids is 1. The second-order valence-electron chi connectivity index (χ2n) is 5.12. The number of pyridine rings is 1. The van der Waals surface area contributed by atoms with Crippen molar-refractivity contribution in [3.8, 4) is 0 Å². The predicted octanol–water partition coefficient (Wildman–Crippen LogP) is 3.01. The number of aryl methyl sites for hydroxylation is 1. The molecule has 2 rings (SSSR count). The molecule has 0 aliphatic carbocycles. The van der Waals surface area contributed by atoms with Gasteiger partial charge in [0.1, 0.15) is 6.61 Å². The van der Waals surface area contributed by atoms with Crippen LogP contribution in [-0.2, 0) is 11.3 Å². The average molecular weight is 312 g/mol. The van der Waals surface area contributed by atoms with E-state index in [1.54, 1.807) is 13.1 Å². The Bertz CT molecular complexity index is 721. The Balaban J connectivity index is 1.66. The van der Waals surface area contributed by atoms with Gasteiger partial charge in [-0.3, -0.25) is 4.79 Å². The minimum absolute atomic E-state index is 0.0787. The van der Waals surface area contributed by atoms with Crippen LogP contribution < -0.4 is 10.9 Å². The molecule has 0 saturated carbocycles. The number of ether oxygens (including phenoxy) is 1. The fraction of sp³-hybridized carbons (Fsp3) is 0.222. The van der Waals surface area contributed by atoms with E-state index in [-0.39, 0.29) is 12.2 Å². The van der Waals surface area contributed by atoms with Crippen LogP contribution in [0.1, 0.15) is 23.1 Å². The molecule has 5 heteroatoms. The van der Waals surface area contributed by atoms with Gasteiger partial charge in [0.25, 0.3) is 5.56 Å². The molecule has 1 amide bonds. The summed E-state index contributed by atoms with van der Waals surface area (Å²) in [5.41, 5.74) is 2.48. The Morgan fingerprint density at radius 2 is 2.09 bits per heavy atom. The van der Waals surface area contributed by atoms with Crippen molar-refractivity contribution in [1.82, 2.24) is 10.3 Å². The van der Waals surface area contributed by atoms with Gasteiger partial charge in [0.05, 0.1) is 0 Å². The van der Waals surface area contributed by atoms with Gasteiger partial charge in [0.15, 0.2) is 0 Å². The van der Waals surface area contributed by atoms with Crippen LogP contribution in [-0.4, -0.2) is 17.6 Å². The van der Waals surface area contributed by atoms with Crippen molar-refractivity contribution in [3.63, 3.8) is 0 Å². The lowest BCUT2D eigenvalue weighted by molar-refractivity contribution is 0.140. The third-order valence-corrected chi connectivity index (χ3v) is 3.21. The van der Waals surface area contributed by atoms with Gasteiger partial charge in [-0.15, -0.1) is 0 Å². The topological polar surface area (TPSA) is 71.2 Å². The molecule has 0 aliphatic rings. The van der Waals surface area contributed by atoms with Gasteiger partial charge in [-0.1, -0.05) is 42.5 Å². The summed E-state index contributed by atoms with van der Waals surface area (Å²) in [5, 5.41) is 2.69. The lowest BCUT2D eigenvalue weighted by atomic mass is 10.2. The number of aromatic nitrogens is 1. The second-order valence-corrected chi connectivity index (χ2v) is 5.12. The summed E-state index contributed by atoms with van der Waals surface area (Å²) >= 11 is 0. The first-order valence-electron chi connectivity index (χ1n) is 7.45. The predicted molar refractivity (Wildman–Crippen MR) is 90.1 cm³/mol. The Morgan fingerprint density at radius 3 is 2.83 bits per heavy atom. The van der Waals surface area contributed by atoms with E-state index in [1.807, 2.05) is 48.6 Å². The van der Waals surface area contributed by atoms with Crippen molar-refractivity contribution in [2.45, 2.75) is 20.0 Å². The molecule has 0 unspecified atom stereocenters. The molecule has 0 aliphatic heterocycles. The number of carbonyl (C=O) groups is 1. The highest BCUT2D eigenvalue weighted by Crippen LogP contribution is 2.02. The molecule has 0 atom stereocenters. The molecule has 1 aromatic carbocycles. The largest absolute Gasteiger partial charge is 0.445 e. The van der Waals surface area contributed by atoms with E-state index < -0.39 is 6.09 Å². The van der Waals surface area contributed by atoms with Crippen LogP contribution in [0.4, 0.5) is 4.79 Å². The number of hydrogen-bond donors (Lipinski definition) is 2. The number of benzene rings is 1. The van der Waals surface area contributed by atoms with Crippen molar-refractivity contribution in [2.24, 2.45) is 0 Å². The quantitative estimate of drug-likeness (QED) is 0.805. The number of alkyl carbamates (subject to hydrolysis) is 1. The minimum atomic E-state index is -0.429. The molecule has 0 spiro atoms. The summed E-state index contributed by atoms with van der Waals surface area (Å²) in [5.74, 6) is 0. The summed E-state index contributed by atoms with van der Waals surface area (Å²) in [7, 11) is 0. The maximum Gasteiger partial charge on any atom is 0.407 e. The fourth-order valence-electron chi connectivity index (χ4n) is 1.97. The van der Waals surface area contributed by atoms with E-state index in [4.69, 9.17) is 4.74 Å². The van der Waals surface area contributed by atoms with Crippen molar-refractivity contribution >= 4 is 12.2 Å². The number of amides is 1. The van der Waals surface area contributed by atoms with Gasteiger partial charge in [0, 0.05) is 18.3 Å². The van der Waals surface area contributed by atoms with Gasteiger partial charge >= 0.3 is 6.09 Å². The van der Waals surface area contributed by atoms with E-state index in [1.165, 1.54) is 0 Å². The summed E-state index contributed by atoms with van der Waals surface area (Å²) in [6.45, 7) is 2.52. The number of hydrogen-bond acceptors (Lipinski definition) is 3. The van der Waals surface area contributed by atoms with Crippen LogP contribution in [0.2, 0.25) is 0 Å². The molecule has 2 aromatic rings. The number of aromatic amines is 1. The van der Waals surface area contributed by atoms with Crippen molar-refractivity contribution in [2.75, 3.05) is 6.54 Å². The fourth-order valence-corrected chi connectivity index (χ4v) is 1.97. The lowest BCUT2D eigenvalue weighted by Crippen LogP contribution is -2.24. The molecule has 1 heterocycles. The van der Waals surface area contributed by atoms with Gasteiger partial charge in [-0.25, -0.2) is 4.79 Å². The van der Waals surface area contributed by atoms with Crippen LogP contribution in [0.15, 0.2) is 53.5 Å². The first-order chi connectivity index (χ1) is 11.1. The zero-order valence-electron chi connectivity index (χ0n) is 13.0. The molecular formula is C18H20N2O3. The second kappa shape index (κ2) is 8.58. The van der Waals surface area contributed by atoms with E-state index in [2.05, 4.69) is 10.3 Å². The van der Waals surface area contributed by atoms with Gasteiger partial charge in [-0.05, 0) is 30.5 Å². The molecule has 23 heavy (non-hydrogen) atoms. The number of rotatable bonds is 6. The summed E-state index contributed by atoms with van der Waals surface area (Å²) in [6.07, 6.45) is 5.75. The smallest absolute Gasteiger partial charge is 0.407 e. The number of nitrogens with one attached hydrogen (secondary N) is 2. The molecule has 0 bridgehead atoms. The maximum atomic E-state index is 11.5. The highest BCUT2D eigenvalue weighted by atomic mass is 16.5. The normalized spacial score (nSPS) is 10.7. The monoisotopic (exact) mass is 312 g/mol. The van der Waals surface area contributed by atoms with Crippen LogP contribution in [0, 0.1) is 6.92 Å². The Hall–Kier alpha value is -2.82. The molecule has 2 N–H and O–H groups in total. The molecule has 5 nitrogen and oxygen atoms in total. The zero-order valence-corrected chi connectivity index (χ0v) is 13.0. The third kappa shape index (κ3) is 5.82. The van der Waals surface area contributed by atoms with Crippen LogP contribution in [0.3, 0.4) is 0 Å². The summed E-state index contributed by atoms with van der Waals surface area (Å²) in [4.78, 5) is 25.4. The Morgan fingerprint density at radius 1 is 1.30 bits per heavy atom. The standard InChI is InChI=1S/C18H20N2O3/c1-14-11-16(12-20-17(14)21)9-5-6-10-19-18(22)23-13-15-7-3-2-4-8-15/h2-5,7-9,11-12H,6,10,13H2,1H3,(H,19,22)(H,20,21). The molecule has 0 saturated heterocycles. The van der Waals surface area contributed by atoms with Crippen molar-refractivity contribution in [3.05, 3.63) is 75.7 Å². The van der Waals surface area contributed by atoms with E-state index >= 15 is 0 Å². The average Bonchev–Trinajstić information content (AvgIpc) is 2.57. The number of H-pyrrole nitrogens is 1. The van der Waals surface area contributed by atoms with Gasteiger partial charge < -0.3 is 15.0 Å². The molecular weight excluding hydrogens is 292 g/mol. The maximum absolute atomic E-state index is 11.5.